The van der Waals surface area contributed by atoms with E-state index in [0.29, 0.717) is 22.5 Å². The van der Waals surface area contributed by atoms with Crippen molar-refractivity contribution in [3.8, 4) is 0 Å². The second-order valence-electron chi connectivity index (χ2n) is 5.02. The number of aromatic nitrogens is 1. The number of anilines is 1. The Morgan fingerprint density at radius 1 is 1.61 bits per heavy atom. The highest BCUT2D eigenvalue weighted by atomic mass is 32.1. The molecular formula is C12H19N3O2S. The van der Waals surface area contributed by atoms with Gasteiger partial charge in [-0.25, -0.2) is 9.78 Å². The summed E-state index contributed by atoms with van der Waals surface area (Å²) in [6.45, 7) is 6.08. The van der Waals surface area contributed by atoms with Crippen LogP contribution in [-0.2, 0) is 0 Å². The van der Waals surface area contributed by atoms with Crippen molar-refractivity contribution in [1.82, 2.24) is 9.88 Å². The number of carboxylic acids is 1. The number of aryl methyl sites for hydroxylation is 1. The molecule has 6 heteroatoms. The van der Waals surface area contributed by atoms with Crippen molar-refractivity contribution in [3.63, 3.8) is 0 Å². The van der Waals surface area contributed by atoms with Crippen molar-refractivity contribution in [2.45, 2.75) is 26.3 Å². The number of likely N-dealkylation sites (tertiary alicyclic amines) is 1. The summed E-state index contributed by atoms with van der Waals surface area (Å²) in [5, 5.41) is 13.1. The number of carboxylic acid groups (broad SMARTS) is 1. The van der Waals surface area contributed by atoms with Crippen LogP contribution in [0.15, 0.2) is 0 Å². The van der Waals surface area contributed by atoms with Gasteiger partial charge in [0.15, 0.2) is 5.13 Å². The Bertz CT molecular complexity index is 447. The zero-order valence-corrected chi connectivity index (χ0v) is 11.8. The van der Waals surface area contributed by atoms with Crippen LogP contribution in [0.3, 0.4) is 0 Å². The van der Waals surface area contributed by atoms with Crippen LogP contribution in [0.5, 0.6) is 0 Å². The lowest BCUT2D eigenvalue weighted by atomic mass is 9.94. The number of nitrogens with one attached hydrogen (secondary N) is 1. The van der Waals surface area contributed by atoms with Gasteiger partial charge in [0.05, 0.1) is 5.69 Å². The first-order valence-electron chi connectivity index (χ1n) is 6.13. The second kappa shape index (κ2) is 5.24. The molecule has 0 spiro atoms. The summed E-state index contributed by atoms with van der Waals surface area (Å²) in [5.74, 6) is -0.351. The maximum absolute atomic E-state index is 11.0. The molecule has 100 valence electrons. The predicted octanol–water partition coefficient (Wildman–Crippen LogP) is 1.90. The number of hydrogen-bond acceptors (Lipinski definition) is 5. The summed E-state index contributed by atoms with van der Waals surface area (Å²) >= 11 is 1.23. The Morgan fingerprint density at radius 3 is 2.89 bits per heavy atom. The van der Waals surface area contributed by atoms with Crippen LogP contribution in [0.2, 0.25) is 0 Å². The number of rotatable bonds is 3. The van der Waals surface area contributed by atoms with Gasteiger partial charge in [-0.15, -0.1) is 0 Å². The molecule has 0 bridgehead atoms. The fraction of sp³-hybridized carbons (Fsp3) is 0.667. The van der Waals surface area contributed by atoms with Crippen LogP contribution in [-0.4, -0.2) is 47.1 Å². The molecule has 1 aliphatic rings. The molecule has 2 rings (SSSR count). The Labute approximate surface area is 111 Å². The molecule has 1 aliphatic heterocycles. The van der Waals surface area contributed by atoms with Crippen LogP contribution in [0.4, 0.5) is 5.13 Å². The molecule has 1 aromatic heterocycles. The van der Waals surface area contributed by atoms with Crippen molar-refractivity contribution in [1.29, 1.82) is 0 Å². The molecule has 2 atom stereocenters. The van der Waals surface area contributed by atoms with Crippen LogP contribution in [0.1, 0.15) is 28.7 Å². The average Bonchev–Trinajstić information content (AvgIpc) is 2.64. The largest absolute Gasteiger partial charge is 0.477 e. The number of piperidine rings is 1. The highest BCUT2D eigenvalue weighted by Gasteiger charge is 2.25. The highest BCUT2D eigenvalue weighted by molar-refractivity contribution is 7.17. The molecule has 1 aromatic rings. The van der Waals surface area contributed by atoms with Gasteiger partial charge < -0.3 is 15.3 Å². The smallest absolute Gasteiger partial charge is 0.347 e. The van der Waals surface area contributed by atoms with Gasteiger partial charge in [-0.3, -0.25) is 0 Å². The van der Waals surface area contributed by atoms with Gasteiger partial charge in [0.1, 0.15) is 4.88 Å². The van der Waals surface area contributed by atoms with Crippen LogP contribution in [0.25, 0.3) is 0 Å². The lowest BCUT2D eigenvalue weighted by Crippen LogP contribution is -2.43. The summed E-state index contributed by atoms with van der Waals surface area (Å²) in [7, 11) is 2.13. The third-order valence-corrected chi connectivity index (χ3v) is 4.48. The normalized spacial score (nSPS) is 25.1. The monoisotopic (exact) mass is 269 g/mol. The fourth-order valence-electron chi connectivity index (χ4n) is 2.38. The molecule has 1 fully saturated rings. The summed E-state index contributed by atoms with van der Waals surface area (Å²) in [4.78, 5) is 17.9. The van der Waals surface area contributed by atoms with E-state index in [2.05, 4.69) is 29.2 Å². The Morgan fingerprint density at radius 2 is 2.33 bits per heavy atom. The van der Waals surface area contributed by atoms with E-state index in [1.807, 2.05) is 0 Å². The summed E-state index contributed by atoms with van der Waals surface area (Å²) in [6.07, 6.45) is 1.07. The molecule has 5 nitrogen and oxygen atoms in total. The Kier molecular flexibility index (Phi) is 3.87. The van der Waals surface area contributed by atoms with Gasteiger partial charge >= 0.3 is 5.97 Å². The van der Waals surface area contributed by atoms with E-state index in [-0.39, 0.29) is 0 Å². The number of aromatic carboxylic acids is 1. The van der Waals surface area contributed by atoms with E-state index >= 15 is 0 Å². The first-order chi connectivity index (χ1) is 8.47. The van der Waals surface area contributed by atoms with E-state index < -0.39 is 5.97 Å². The lowest BCUT2D eigenvalue weighted by Gasteiger charge is -2.35. The first-order valence-corrected chi connectivity index (χ1v) is 6.95. The molecule has 0 saturated carbocycles. The van der Waals surface area contributed by atoms with Gasteiger partial charge in [0.25, 0.3) is 0 Å². The Hall–Kier alpha value is -1.14. The summed E-state index contributed by atoms with van der Waals surface area (Å²) in [5.41, 5.74) is 0.593. The number of carbonyl (C=O) groups is 1. The zero-order chi connectivity index (χ0) is 13.3. The zero-order valence-electron chi connectivity index (χ0n) is 10.9. The third-order valence-electron chi connectivity index (χ3n) is 3.41. The van der Waals surface area contributed by atoms with E-state index in [1.54, 1.807) is 6.92 Å². The molecule has 2 heterocycles. The van der Waals surface area contributed by atoms with Crippen molar-refractivity contribution >= 4 is 22.4 Å². The van der Waals surface area contributed by atoms with Crippen molar-refractivity contribution in [2.24, 2.45) is 5.92 Å². The molecule has 0 amide bonds. The fourth-order valence-corrected chi connectivity index (χ4v) is 3.25. The van der Waals surface area contributed by atoms with E-state index in [4.69, 9.17) is 5.11 Å². The number of thiazole rings is 1. The molecule has 0 aromatic carbocycles. The first kappa shape index (κ1) is 13.3. The SMILES string of the molecule is Cc1nc(NC2CCN(C)CC2C)sc1C(=O)O. The minimum atomic E-state index is -0.894. The number of hydrogen-bond donors (Lipinski definition) is 2. The molecular weight excluding hydrogens is 250 g/mol. The van der Waals surface area contributed by atoms with Crippen LogP contribution < -0.4 is 5.32 Å². The van der Waals surface area contributed by atoms with Gasteiger partial charge in [0, 0.05) is 12.6 Å². The maximum atomic E-state index is 11.0. The summed E-state index contributed by atoms with van der Waals surface area (Å²) in [6, 6.07) is 0.383. The van der Waals surface area contributed by atoms with E-state index in [1.165, 1.54) is 11.3 Å². The minimum absolute atomic E-state index is 0.332. The highest BCUT2D eigenvalue weighted by Crippen LogP contribution is 2.26. The number of nitrogens with zero attached hydrogens (tertiary/aromatic N) is 2. The third kappa shape index (κ3) is 2.81. The Balaban J connectivity index is 2.05. The van der Waals surface area contributed by atoms with Crippen molar-refractivity contribution in [2.75, 3.05) is 25.5 Å². The standard InChI is InChI=1S/C12H19N3O2S/c1-7-6-15(3)5-4-9(7)14-12-13-8(2)10(18-12)11(16)17/h7,9H,4-6H2,1-3H3,(H,13,14)(H,16,17). The molecule has 0 aliphatic carbocycles. The van der Waals surface area contributed by atoms with Crippen molar-refractivity contribution in [3.05, 3.63) is 10.6 Å². The van der Waals surface area contributed by atoms with Gasteiger partial charge in [0.2, 0.25) is 0 Å². The van der Waals surface area contributed by atoms with Crippen LogP contribution in [0, 0.1) is 12.8 Å². The minimum Gasteiger partial charge on any atom is -0.477 e. The summed E-state index contributed by atoms with van der Waals surface area (Å²) < 4.78 is 0. The van der Waals surface area contributed by atoms with Gasteiger partial charge in [-0.2, -0.15) is 0 Å². The molecule has 18 heavy (non-hydrogen) atoms. The molecule has 1 saturated heterocycles. The predicted molar refractivity (Wildman–Crippen MR) is 72.5 cm³/mol. The second-order valence-corrected chi connectivity index (χ2v) is 6.02. The van der Waals surface area contributed by atoms with Gasteiger partial charge in [-0.1, -0.05) is 18.3 Å². The van der Waals surface area contributed by atoms with Crippen LogP contribution >= 0.6 is 11.3 Å². The van der Waals surface area contributed by atoms with Crippen molar-refractivity contribution < 1.29 is 9.90 Å². The van der Waals surface area contributed by atoms with E-state index in [0.717, 1.165) is 24.6 Å². The lowest BCUT2D eigenvalue weighted by molar-refractivity contribution is 0.0701. The molecule has 2 unspecified atom stereocenters. The molecule has 2 N–H and O–H groups in total. The maximum Gasteiger partial charge on any atom is 0.347 e. The molecule has 0 radical (unpaired) electrons. The average molecular weight is 269 g/mol. The van der Waals surface area contributed by atoms with Gasteiger partial charge in [-0.05, 0) is 32.9 Å². The topological polar surface area (TPSA) is 65.5 Å². The quantitative estimate of drug-likeness (QED) is 0.877. The van der Waals surface area contributed by atoms with E-state index in [9.17, 15) is 4.79 Å².